The summed E-state index contributed by atoms with van der Waals surface area (Å²) in [5, 5.41) is 24.3. The lowest BCUT2D eigenvalue weighted by Crippen LogP contribution is -1.99. The van der Waals surface area contributed by atoms with Crippen LogP contribution in [0.25, 0.3) is 0 Å². The zero-order valence-electron chi connectivity index (χ0n) is 13.7. The van der Waals surface area contributed by atoms with Crippen molar-refractivity contribution in [3.63, 3.8) is 0 Å². The van der Waals surface area contributed by atoms with E-state index in [2.05, 4.69) is 31.2 Å². The second kappa shape index (κ2) is 8.24. The first-order valence-electron chi connectivity index (χ1n) is 7.61. The molecule has 0 spiro atoms. The van der Waals surface area contributed by atoms with Crippen LogP contribution in [-0.4, -0.2) is 26.0 Å². The van der Waals surface area contributed by atoms with Crippen molar-refractivity contribution >= 4 is 39.6 Å². The quantitative estimate of drug-likeness (QED) is 0.249. The second-order valence-electron chi connectivity index (χ2n) is 5.32. The second-order valence-corrected chi connectivity index (χ2v) is 7.18. The Kier molecular flexibility index (Phi) is 5.79. The number of hydrogen-bond acceptors (Lipinski definition) is 6. The lowest BCUT2D eigenvalue weighted by molar-refractivity contribution is -0.385. The fraction of sp³-hybridized carbons (Fsp3) is 0.118. The van der Waals surface area contributed by atoms with Crippen LogP contribution in [0, 0.1) is 17.0 Å². The van der Waals surface area contributed by atoms with Crippen LogP contribution < -0.4 is 0 Å². The standard InChI is InChI=1S/C17H14BrN5O2S/c1-12-20-21-17(26-11-13-6-8-15(18)9-7-13)22(12)19-10-14-4-2-3-5-16(14)23(24)25/h2-10H,11H2,1H3/b19-10-. The van der Waals surface area contributed by atoms with E-state index in [4.69, 9.17) is 0 Å². The van der Waals surface area contributed by atoms with Gasteiger partial charge in [0.25, 0.3) is 5.69 Å². The molecule has 0 N–H and O–H groups in total. The van der Waals surface area contributed by atoms with Crippen LogP contribution in [-0.2, 0) is 5.75 Å². The van der Waals surface area contributed by atoms with E-state index in [0.717, 1.165) is 10.0 Å². The fourth-order valence-electron chi connectivity index (χ4n) is 2.17. The third kappa shape index (κ3) is 4.36. The summed E-state index contributed by atoms with van der Waals surface area (Å²) in [6.45, 7) is 1.79. The maximum Gasteiger partial charge on any atom is 0.278 e. The van der Waals surface area contributed by atoms with Gasteiger partial charge < -0.3 is 0 Å². The Bertz CT molecular complexity index is 956. The molecule has 132 valence electrons. The van der Waals surface area contributed by atoms with Gasteiger partial charge in [0.2, 0.25) is 5.16 Å². The van der Waals surface area contributed by atoms with Crippen LogP contribution in [0.5, 0.6) is 0 Å². The van der Waals surface area contributed by atoms with Gasteiger partial charge in [0.05, 0.1) is 16.7 Å². The maximum absolute atomic E-state index is 11.1. The van der Waals surface area contributed by atoms with Gasteiger partial charge in [-0.25, -0.2) is 0 Å². The highest BCUT2D eigenvalue weighted by Crippen LogP contribution is 2.23. The van der Waals surface area contributed by atoms with E-state index in [9.17, 15) is 10.1 Å². The third-order valence-corrected chi connectivity index (χ3v) is 5.01. The van der Waals surface area contributed by atoms with Crippen molar-refractivity contribution in [3.05, 3.63) is 80.1 Å². The summed E-state index contributed by atoms with van der Waals surface area (Å²) in [6.07, 6.45) is 1.46. The van der Waals surface area contributed by atoms with E-state index < -0.39 is 4.92 Å². The molecule has 0 aliphatic heterocycles. The number of nitrogens with zero attached hydrogens (tertiary/aromatic N) is 5. The molecule has 2 aromatic carbocycles. The minimum Gasteiger partial charge on any atom is -0.258 e. The molecule has 0 saturated carbocycles. The normalized spacial score (nSPS) is 11.2. The molecular formula is C17H14BrN5O2S. The van der Waals surface area contributed by atoms with E-state index in [-0.39, 0.29) is 5.69 Å². The molecule has 0 radical (unpaired) electrons. The fourth-order valence-corrected chi connectivity index (χ4v) is 3.33. The monoisotopic (exact) mass is 431 g/mol. The lowest BCUT2D eigenvalue weighted by Gasteiger charge is -2.03. The Labute approximate surface area is 162 Å². The molecule has 0 fully saturated rings. The summed E-state index contributed by atoms with van der Waals surface area (Å²) in [7, 11) is 0. The first-order chi connectivity index (χ1) is 12.5. The summed E-state index contributed by atoms with van der Waals surface area (Å²) in [5.74, 6) is 1.32. The van der Waals surface area contributed by atoms with E-state index in [1.807, 2.05) is 24.3 Å². The summed E-state index contributed by atoms with van der Waals surface area (Å²) >= 11 is 4.91. The summed E-state index contributed by atoms with van der Waals surface area (Å²) in [4.78, 5) is 10.7. The van der Waals surface area contributed by atoms with Crippen molar-refractivity contribution in [2.45, 2.75) is 17.8 Å². The predicted octanol–water partition coefficient (Wildman–Crippen LogP) is 4.43. The molecular weight excluding hydrogens is 418 g/mol. The van der Waals surface area contributed by atoms with E-state index in [1.54, 1.807) is 29.8 Å². The highest BCUT2D eigenvalue weighted by molar-refractivity contribution is 9.10. The maximum atomic E-state index is 11.1. The Hall–Kier alpha value is -2.52. The summed E-state index contributed by atoms with van der Waals surface area (Å²) in [5.41, 5.74) is 1.58. The number of nitro benzene ring substituents is 1. The highest BCUT2D eigenvalue weighted by atomic mass is 79.9. The molecule has 1 aromatic heterocycles. The van der Waals surface area contributed by atoms with Crippen LogP contribution in [0.1, 0.15) is 17.0 Å². The largest absolute Gasteiger partial charge is 0.278 e. The molecule has 3 aromatic rings. The van der Waals surface area contributed by atoms with Crippen LogP contribution >= 0.6 is 27.7 Å². The van der Waals surface area contributed by atoms with E-state index >= 15 is 0 Å². The van der Waals surface area contributed by atoms with Crippen LogP contribution in [0.3, 0.4) is 0 Å². The SMILES string of the molecule is Cc1nnc(SCc2ccc(Br)cc2)n1/N=C\c1ccccc1[N+](=O)[O-]. The van der Waals surface area contributed by atoms with Crippen molar-refractivity contribution in [1.82, 2.24) is 14.9 Å². The van der Waals surface area contributed by atoms with Crippen LogP contribution in [0.15, 0.2) is 63.3 Å². The zero-order chi connectivity index (χ0) is 18.5. The van der Waals surface area contributed by atoms with E-state index in [0.29, 0.717) is 22.3 Å². The van der Waals surface area contributed by atoms with Gasteiger partial charge in [-0.05, 0) is 30.7 Å². The number of para-hydroxylation sites is 1. The van der Waals surface area contributed by atoms with Gasteiger partial charge in [-0.2, -0.15) is 9.78 Å². The molecule has 0 aliphatic rings. The zero-order valence-corrected chi connectivity index (χ0v) is 16.1. The minimum atomic E-state index is -0.427. The number of hydrogen-bond donors (Lipinski definition) is 0. The molecule has 0 saturated heterocycles. The molecule has 9 heteroatoms. The van der Waals surface area contributed by atoms with Gasteiger partial charge in [-0.1, -0.05) is 52.0 Å². The van der Waals surface area contributed by atoms with Crippen molar-refractivity contribution in [2.75, 3.05) is 0 Å². The van der Waals surface area contributed by atoms with E-state index in [1.165, 1.54) is 24.0 Å². The van der Waals surface area contributed by atoms with Crippen molar-refractivity contribution < 1.29 is 4.92 Å². The average molecular weight is 432 g/mol. The first kappa shape index (κ1) is 18.3. The predicted molar refractivity (Wildman–Crippen MR) is 105 cm³/mol. The van der Waals surface area contributed by atoms with Crippen LogP contribution in [0.2, 0.25) is 0 Å². The number of aromatic nitrogens is 3. The third-order valence-electron chi connectivity index (χ3n) is 3.49. The summed E-state index contributed by atoms with van der Waals surface area (Å²) in [6, 6.07) is 14.5. The molecule has 26 heavy (non-hydrogen) atoms. The Morgan fingerprint density at radius 1 is 1.23 bits per heavy atom. The number of rotatable bonds is 6. The molecule has 0 aliphatic carbocycles. The van der Waals surface area contributed by atoms with Crippen molar-refractivity contribution in [1.29, 1.82) is 0 Å². The average Bonchev–Trinajstić information content (AvgIpc) is 2.99. The number of aryl methyl sites for hydroxylation is 1. The number of thioether (sulfide) groups is 1. The molecule has 0 bridgehead atoms. The Morgan fingerprint density at radius 3 is 2.69 bits per heavy atom. The number of halogens is 1. The smallest absolute Gasteiger partial charge is 0.258 e. The van der Waals surface area contributed by atoms with Gasteiger partial charge >= 0.3 is 0 Å². The first-order valence-corrected chi connectivity index (χ1v) is 9.39. The topological polar surface area (TPSA) is 86.2 Å². The Morgan fingerprint density at radius 2 is 1.96 bits per heavy atom. The minimum absolute atomic E-state index is 0.00560. The van der Waals surface area contributed by atoms with Gasteiger partial charge in [-0.15, -0.1) is 10.2 Å². The van der Waals surface area contributed by atoms with Crippen molar-refractivity contribution in [3.8, 4) is 0 Å². The molecule has 1 heterocycles. The molecule has 7 nitrogen and oxygen atoms in total. The Balaban J connectivity index is 1.80. The summed E-state index contributed by atoms with van der Waals surface area (Å²) < 4.78 is 2.61. The lowest BCUT2D eigenvalue weighted by atomic mass is 10.2. The van der Waals surface area contributed by atoms with Crippen LogP contribution in [0.4, 0.5) is 5.69 Å². The van der Waals surface area contributed by atoms with Gasteiger partial charge in [-0.3, -0.25) is 10.1 Å². The number of benzene rings is 2. The highest BCUT2D eigenvalue weighted by Gasteiger charge is 2.12. The molecule has 3 rings (SSSR count). The van der Waals surface area contributed by atoms with Gasteiger partial charge in [0, 0.05) is 16.3 Å². The molecule has 0 atom stereocenters. The molecule has 0 unspecified atom stereocenters. The van der Waals surface area contributed by atoms with Gasteiger partial charge in [0.1, 0.15) is 0 Å². The number of nitro groups is 1. The van der Waals surface area contributed by atoms with Gasteiger partial charge in [0.15, 0.2) is 5.82 Å². The molecule has 0 amide bonds. The van der Waals surface area contributed by atoms with Crippen molar-refractivity contribution in [2.24, 2.45) is 5.10 Å².